The summed E-state index contributed by atoms with van der Waals surface area (Å²) < 4.78 is 11.1. The molecule has 156 valence electrons. The van der Waals surface area contributed by atoms with E-state index < -0.39 is 6.10 Å². The van der Waals surface area contributed by atoms with Crippen molar-refractivity contribution in [3.63, 3.8) is 0 Å². The van der Waals surface area contributed by atoms with E-state index in [-0.39, 0.29) is 11.9 Å². The number of nitrogens with one attached hydrogen (secondary N) is 1. The minimum atomic E-state index is -0.622. The summed E-state index contributed by atoms with van der Waals surface area (Å²) in [5.74, 6) is 1.76. The zero-order valence-electron chi connectivity index (χ0n) is 17.9. The van der Waals surface area contributed by atoms with Gasteiger partial charge in [0.25, 0.3) is 5.91 Å². The molecule has 2 aromatic carbocycles. The van der Waals surface area contributed by atoms with Gasteiger partial charge in [0.05, 0.1) is 13.2 Å². The zero-order valence-corrected chi connectivity index (χ0v) is 17.9. The molecule has 1 heterocycles. The van der Waals surface area contributed by atoms with Crippen LogP contribution in [0.5, 0.6) is 11.5 Å². The first-order valence-electron chi connectivity index (χ1n) is 10.4. The largest absolute Gasteiger partial charge is 0.493 e. The van der Waals surface area contributed by atoms with Crippen LogP contribution in [0.3, 0.4) is 0 Å². The summed E-state index contributed by atoms with van der Waals surface area (Å²) in [6.45, 7) is 8.28. The van der Waals surface area contributed by atoms with Crippen LogP contribution in [0.1, 0.15) is 45.2 Å². The zero-order chi connectivity index (χ0) is 20.8. The average Bonchev–Trinajstić information content (AvgIpc) is 2.74. The number of para-hydroxylation sites is 2. The highest BCUT2D eigenvalue weighted by Crippen LogP contribution is 2.27. The van der Waals surface area contributed by atoms with Gasteiger partial charge in [-0.2, -0.15) is 0 Å². The van der Waals surface area contributed by atoms with Crippen LogP contribution in [0.2, 0.25) is 0 Å². The van der Waals surface area contributed by atoms with Gasteiger partial charge in [0.2, 0.25) is 0 Å². The summed E-state index contributed by atoms with van der Waals surface area (Å²) in [5.41, 5.74) is 2.34. The summed E-state index contributed by atoms with van der Waals surface area (Å²) in [6, 6.07) is 15.8. The van der Waals surface area contributed by atoms with E-state index in [9.17, 15) is 4.79 Å². The Morgan fingerprint density at radius 3 is 2.45 bits per heavy atom. The average molecular weight is 397 g/mol. The Bertz CT molecular complexity index is 806. The monoisotopic (exact) mass is 396 g/mol. The van der Waals surface area contributed by atoms with Crippen molar-refractivity contribution in [3.8, 4) is 11.5 Å². The van der Waals surface area contributed by atoms with E-state index in [1.807, 2.05) is 25.1 Å². The lowest BCUT2D eigenvalue weighted by Crippen LogP contribution is -2.37. The Morgan fingerprint density at radius 2 is 1.79 bits per heavy atom. The van der Waals surface area contributed by atoms with Crippen molar-refractivity contribution in [1.82, 2.24) is 5.32 Å². The van der Waals surface area contributed by atoms with Crippen molar-refractivity contribution >= 4 is 11.6 Å². The van der Waals surface area contributed by atoms with Gasteiger partial charge in [-0.05, 0) is 62.4 Å². The molecule has 29 heavy (non-hydrogen) atoms. The van der Waals surface area contributed by atoms with E-state index in [4.69, 9.17) is 9.47 Å². The van der Waals surface area contributed by atoms with Crippen molar-refractivity contribution < 1.29 is 14.3 Å². The number of carbonyl (C=O) groups is 1. The molecule has 2 aromatic rings. The Hall–Kier alpha value is -2.69. The quantitative estimate of drug-likeness (QED) is 0.744. The van der Waals surface area contributed by atoms with Crippen molar-refractivity contribution in [2.24, 2.45) is 5.92 Å². The molecule has 0 spiro atoms. The maximum atomic E-state index is 12.6. The van der Waals surface area contributed by atoms with Gasteiger partial charge in [-0.1, -0.05) is 31.2 Å². The molecule has 1 saturated heterocycles. The van der Waals surface area contributed by atoms with Crippen LogP contribution < -0.4 is 19.7 Å². The van der Waals surface area contributed by atoms with Crippen molar-refractivity contribution in [2.45, 2.75) is 45.8 Å². The predicted octanol–water partition coefficient (Wildman–Crippen LogP) is 4.58. The van der Waals surface area contributed by atoms with E-state index in [1.165, 1.54) is 18.5 Å². The molecule has 0 unspecified atom stereocenters. The molecule has 0 aliphatic carbocycles. The Labute approximate surface area is 174 Å². The number of rotatable bonds is 7. The van der Waals surface area contributed by atoms with Gasteiger partial charge < -0.3 is 19.7 Å². The fourth-order valence-electron chi connectivity index (χ4n) is 3.77. The number of methoxy groups -OCH3 is 1. The van der Waals surface area contributed by atoms with Crippen LogP contribution >= 0.6 is 0 Å². The van der Waals surface area contributed by atoms with Crippen LogP contribution in [0.25, 0.3) is 0 Å². The molecule has 5 nitrogen and oxygen atoms in total. The Balaban J connectivity index is 1.57. The molecule has 3 atom stereocenters. The highest BCUT2D eigenvalue weighted by molar-refractivity contribution is 5.81. The molecule has 1 N–H and O–H groups in total. The number of hydrogen-bond acceptors (Lipinski definition) is 4. The van der Waals surface area contributed by atoms with Gasteiger partial charge in [0.1, 0.15) is 0 Å². The molecule has 5 heteroatoms. The Morgan fingerprint density at radius 1 is 1.10 bits per heavy atom. The van der Waals surface area contributed by atoms with Crippen molar-refractivity contribution in [2.75, 3.05) is 25.1 Å². The van der Waals surface area contributed by atoms with Crippen LogP contribution in [0.4, 0.5) is 5.69 Å². The number of piperidine rings is 1. The number of benzene rings is 2. The topological polar surface area (TPSA) is 50.8 Å². The number of carbonyl (C=O) groups excluding carboxylic acids is 1. The third-order valence-corrected chi connectivity index (χ3v) is 5.52. The summed E-state index contributed by atoms with van der Waals surface area (Å²) in [4.78, 5) is 15.0. The highest BCUT2D eigenvalue weighted by atomic mass is 16.5. The standard InChI is InChI=1S/C24H32N2O3/c1-17-8-7-15-26(16-17)21-13-11-20(12-14-21)18(2)25-24(27)19(3)29-23-10-6-5-9-22(23)28-4/h5-6,9-14,17-19H,7-8,15-16H2,1-4H3,(H,25,27)/t17-,18-,19+/m0/s1. The SMILES string of the molecule is COc1ccccc1O[C@H](C)C(=O)N[C@@H](C)c1ccc(N2CCC[C@H](C)C2)cc1. The van der Waals surface area contributed by atoms with E-state index in [1.54, 1.807) is 20.1 Å². The van der Waals surface area contributed by atoms with Crippen LogP contribution in [0, 0.1) is 5.92 Å². The van der Waals surface area contributed by atoms with Gasteiger partial charge in [0.15, 0.2) is 17.6 Å². The minimum absolute atomic E-state index is 0.0967. The normalized spacial score (nSPS) is 18.6. The maximum absolute atomic E-state index is 12.6. The second-order valence-corrected chi connectivity index (χ2v) is 7.93. The number of amides is 1. The molecule has 0 bridgehead atoms. The number of nitrogens with zero attached hydrogens (tertiary/aromatic N) is 1. The first kappa shape index (κ1) is 21.0. The number of hydrogen-bond donors (Lipinski definition) is 1. The first-order chi connectivity index (χ1) is 14.0. The fraction of sp³-hybridized carbons (Fsp3) is 0.458. The summed E-state index contributed by atoms with van der Waals surface area (Å²) >= 11 is 0. The van der Waals surface area contributed by atoms with Crippen LogP contribution in [0.15, 0.2) is 48.5 Å². The lowest BCUT2D eigenvalue weighted by Gasteiger charge is -2.33. The van der Waals surface area contributed by atoms with Gasteiger partial charge in [-0.15, -0.1) is 0 Å². The van der Waals surface area contributed by atoms with Gasteiger partial charge in [-0.25, -0.2) is 0 Å². The van der Waals surface area contributed by atoms with E-state index >= 15 is 0 Å². The van der Waals surface area contributed by atoms with Crippen molar-refractivity contribution in [3.05, 3.63) is 54.1 Å². The van der Waals surface area contributed by atoms with E-state index in [0.29, 0.717) is 11.5 Å². The molecule has 3 rings (SSSR count). The van der Waals surface area contributed by atoms with Gasteiger partial charge in [-0.3, -0.25) is 4.79 Å². The van der Waals surface area contributed by atoms with Gasteiger partial charge >= 0.3 is 0 Å². The summed E-state index contributed by atoms with van der Waals surface area (Å²) in [6.07, 6.45) is 1.94. The predicted molar refractivity (Wildman–Crippen MR) is 117 cm³/mol. The summed E-state index contributed by atoms with van der Waals surface area (Å²) in [7, 11) is 1.59. The molecule has 0 saturated carbocycles. The second kappa shape index (κ2) is 9.68. The molecule has 1 aliphatic rings. The van der Waals surface area contributed by atoms with Gasteiger partial charge in [0, 0.05) is 18.8 Å². The maximum Gasteiger partial charge on any atom is 0.261 e. The molecule has 1 aliphatic heterocycles. The van der Waals surface area contributed by atoms with E-state index in [2.05, 4.69) is 41.4 Å². The fourth-order valence-corrected chi connectivity index (χ4v) is 3.77. The Kier molecular flexibility index (Phi) is 7.02. The van der Waals surface area contributed by atoms with Crippen LogP contribution in [-0.4, -0.2) is 32.2 Å². The van der Waals surface area contributed by atoms with E-state index in [0.717, 1.165) is 24.6 Å². The molecule has 1 amide bonds. The van der Waals surface area contributed by atoms with Crippen molar-refractivity contribution in [1.29, 1.82) is 0 Å². The third kappa shape index (κ3) is 5.43. The summed E-state index contributed by atoms with van der Waals surface area (Å²) in [5, 5.41) is 3.04. The number of anilines is 1. The molecule has 0 radical (unpaired) electrons. The lowest BCUT2D eigenvalue weighted by atomic mass is 9.99. The second-order valence-electron chi connectivity index (χ2n) is 7.93. The molecule has 0 aromatic heterocycles. The first-order valence-corrected chi connectivity index (χ1v) is 10.4. The smallest absolute Gasteiger partial charge is 0.261 e. The number of ether oxygens (including phenoxy) is 2. The molecular formula is C24H32N2O3. The van der Waals surface area contributed by atoms with Crippen LogP contribution in [-0.2, 0) is 4.79 Å². The minimum Gasteiger partial charge on any atom is -0.493 e. The third-order valence-electron chi connectivity index (χ3n) is 5.52. The highest BCUT2D eigenvalue weighted by Gasteiger charge is 2.20. The molecular weight excluding hydrogens is 364 g/mol. The molecule has 1 fully saturated rings. The lowest BCUT2D eigenvalue weighted by molar-refractivity contribution is -0.127.